The zero-order valence-electron chi connectivity index (χ0n) is 14.7. The van der Waals surface area contributed by atoms with Gasteiger partial charge in [-0.25, -0.2) is 4.39 Å². The standard InChI is InChI=1S/C21H22F4O/c1-2-3-4-6-16-7-9-17(10-8-16)18-11-12-20(19(22)15-18)26-14-5-13-21(23,24)25/h5,7-13,15H,2-4,6,14H2,1H3. The zero-order chi connectivity index (χ0) is 19.0. The summed E-state index contributed by atoms with van der Waals surface area (Å²) in [5.41, 5.74) is 2.83. The Hall–Kier alpha value is -2.30. The highest BCUT2D eigenvalue weighted by Gasteiger charge is 2.21. The first kappa shape index (κ1) is 20.0. The van der Waals surface area contributed by atoms with Crippen LogP contribution in [0.15, 0.2) is 54.6 Å². The van der Waals surface area contributed by atoms with Gasteiger partial charge in [0.05, 0.1) is 0 Å². The van der Waals surface area contributed by atoms with Crippen LogP contribution in [0.25, 0.3) is 11.1 Å². The van der Waals surface area contributed by atoms with Crippen molar-refractivity contribution < 1.29 is 22.3 Å². The third-order valence-electron chi connectivity index (χ3n) is 3.93. The lowest BCUT2D eigenvalue weighted by Crippen LogP contribution is -2.03. The summed E-state index contributed by atoms with van der Waals surface area (Å²) in [5.74, 6) is -0.674. The molecule has 140 valence electrons. The average molecular weight is 366 g/mol. The SMILES string of the molecule is CCCCCc1ccc(-c2ccc(OCC=CC(F)(F)F)c(F)c2)cc1. The van der Waals surface area contributed by atoms with Crippen LogP contribution in [0.4, 0.5) is 17.6 Å². The Morgan fingerprint density at radius 2 is 1.65 bits per heavy atom. The molecule has 2 aromatic carbocycles. The van der Waals surface area contributed by atoms with Crippen LogP contribution in [0.2, 0.25) is 0 Å². The molecule has 0 saturated carbocycles. The number of hydrogen-bond acceptors (Lipinski definition) is 1. The van der Waals surface area contributed by atoms with Crippen molar-refractivity contribution in [3.8, 4) is 16.9 Å². The van der Waals surface area contributed by atoms with Crippen LogP contribution in [0.1, 0.15) is 31.7 Å². The second-order valence-electron chi connectivity index (χ2n) is 6.05. The number of alkyl halides is 3. The lowest BCUT2D eigenvalue weighted by molar-refractivity contribution is -0.0801. The van der Waals surface area contributed by atoms with Crippen LogP contribution in [-0.2, 0) is 6.42 Å². The first-order valence-electron chi connectivity index (χ1n) is 8.65. The molecule has 0 aliphatic carbocycles. The van der Waals surface area contributed by atoms with Gasteiger partial charge in [-0.2, -0.15) is 13.2 Å². The highest BCUT2D eigenvalue weighted by molar-refractivity contribution is 5.64. The minimum atomic E-state index is -4.39. The maximum Gasteiger partial charge on any atom is 0.409 e. The Bertz CT molecular complexity index is 718. The minimum absolute atomic E-state index is 0.0708. The van der Waals surface area contributed by atoms with Crippen LogP contribution in [0.5, 0.6) is 5.75 Å². The Morgan fingerprint density at radius 3 is 2.27 bits per heavy atom. The van der Waals surface area contributed by atoms with E-state index in [9.17, 15) is 17.6 Å². The van der Waals surface area contributed by atoms with Gasteiger partial charge in [-0.15, -0.1) is 0 Å². The van der Waals surface area contributed by atoms with E-state index in [0.29, 0.717) is 5.56 Å². The summed E-state index contributed by atoms with van der Waals surface area (Å²) in [7, 11) is 0. The molecule has 5 heteroatoms. The fourth-order valence-electron chi connectivity index (χ4n) is 2.56. The molecule has 0 heterocycles. The molecule has 2 aromatic rings. The van der Waals surface area contributed by atoms with Crippen molar-refractivity contribution in [1.29, 1.82) is 0 Å². The summed E-state index contributed by atoms with van der Waals surface area (Å²) in [6, 6.07) is 12.4. The molecule has 0 fully saturated rings. The van der Waals surface area contributed by atoms with E-state index in [0.717, 1.165) is 24.5 Å². The maximum absolute atomic E-state index is 14.1. The number of aryl methyl sites for hydroxylation is 1. The highest BCUT2D eigenvalue weighted by atomic mass is 19.4. The van der Waals surface area contributed by atoms with Gasteiger partial charge in [-0.05, 0) is 47.7 Å². The summed E-state index contributed by atoms with van der Waals surface area (Å²) in [4.78, 5) is 0. The molecule has 0 N–H and O–H groups in total. The van der Waals surface area contributed by atoms with Gasteiger partial charge < -0.3 is 4.74 Å². The molecular weight excluding hydrogens is 344 g/mol. The average Bonchev–Trinajstić information content (AvgIpc) is 2.60. The zero-order valence-corrected chi connectivity index (χ0v) is 14.7. The Balaban J connectivity index is 1.99. The van der Waals surface area contributed by atoms with E-state index >= 15 is 0 Å². The van der Waals surface area contributed by atoms with Crippen molar-refractivity contribution in [2.45, 2.75) is 38.8 Å². The number of halogens is 4. The predicted molar refractivity (Wildman–Crippen MR) is 95.8 cm³/mol. The number of ether oxygens (including phenoxy) is 1. The van der Waals surface area contributed by atoms with E-state index < -0.39 is 12.0 Å². The molecule has 0 spiro atoms. The first-order chi connectivity index (χ1) is 12.4. The molecule has 0 unspecified atom stereocenters. The second-order valence-corrected chi connectivity index (χ2v) is 6.05. The number of hydrogen-bond donors (Lipinski definition) is 0. The smallest absolute Gasteiger partial charge is 0.409 e. The summed E-state index contributed by atoms with van der Waals surface area (Å²) >= 11 is 0. The van der Waals surface area contributed by atoms with E-state index in [1.807, 2.05) is 24.3 Å². The molecule has 0 bridgehead atoms. The van der Waals surface area contributed by atoms with Crippen LogP contribution >= 0.6 is 0 Å². The second kappa shape index (κ2) is 9.41. The monoisotopic (exact) mass is 366 g/mol. The molecule has 0 amide bonds. The predicted octanol–water partition coefficient (Wildman–Crippen LogP) is 6.72. The largest absolute Gasteiger partial charge is 0.486 e. The van der Waals surface area contributed by atoms with E-state index in [1.54, 1.807) is 6.07 Å². The van der Waals surface area contributed by atoms with Crippen LogP contribution in [0.3, 0.4) is 0 Å². The van der Waals surface area contributed by atoms with Crippen molar-refractivity contribution in [3.05, 3.63) is 66.0 Å². The lowest BCUT2D eigenvalue weighted by atomic mass is 10.0. The van der Waals surface area contributed by atoms with Gasteiger partial charge in [-0.3, -0.25) is 0 Å². The van der Waals surface area contributed by atoms with Crippen molar-refractivity contribution in [2.75, 3.05) is 6.61 Å². The van der Waals surface area contributed by atoms with Crippen LogP contribution in [-0.4, -0.2) is 12.8 Å². The molecule has 0 radical (unpaired) electrons. The van der Waals surface area contributed by atoms with Gasteiger partial charge >= 0.3 is 6.18 Å². The Kier molecular flexibility index (Phi) is 7.25. The lowest BCUT2D eigenvalue weighted by Gasteiger charge is -2.08. The number of unbranched alkanes of at least 4 members (excludes halogenated alkanes) is 2. The molecule has 26 heavy (non-hydrogen) atoms. The normalized spacial score (nSPS) is 11.9. The number of benzene rings is 2. The fraction of sp³-hybridized carbons (Fsp3) is 0.333. The van der Waals surface area contributed by atoms with Crippen LogP contribution < -0.4 is 4.74 Å². The van der Waals surface area contributed by atoms with E-state index in [1.165, 1.54) is 30.5 Å². The summed E-state index contributed by atoms with van der Waals surface area (Å²) in [5, 5.41) is 0. The maximum atomic E-state index is 14.1. The van der Waals surface area contributed by atoms with E-state index in [2.05, 4.69) is 6.92 Å². The first-order valence-corrected chi connectivity index (χ1v) is 8.65. The third-order valence-corrected chi connectivity index (χ3v) is 3.93. The Labute approximate surface area is 151 Å². The van der Waals surface area contributed by atoms with E-state index in [-0.39, 0.29) is 18.4 Å². The van der Waals surface area contributed by atoms with Gasteiger partial charge in [0.2, 0.25) is 0 Å². The molecule has 0 saturated heterocycles. The molecule has 0 aliphatic rings. The summed E-state index contributed by atoms with van der Waals surface area (Å²) in [6.45, 7) is 1.82. The van der Waals surface area contributed by atoms with Gasteiger partial charge in [0.15, 0.2) is 11.6 Å². The van der Waals surface area contributed by atoms with Crippen molar-refractivity contribution in [3.63, 3.8) is 0 Å². The van der Waals surface area contributed by atoms with E-state index in [4.69, 9.17) is 4.74 Å². The molecule has 0 atom stereocenters. The third kappa shape index (κ3) is 6.54. The van der Waals surface area contributed by atoms with Gasteiger partial charge in [0.25, 0.3) is 0 Å². The molecule has 1 nitrogen and oxygen atoms in total. The molecule has 0 aliphatic heterocycles. The summed E-state index contributed by atoms with van der Waals surface area (Å²) in [6.07, 6.45) is 1.05. The van der Waals surface area contributed by atoms with Crippen LogP contribution in [0, 0.1) is 5.82 Å². The van der Waals surface area contributed by atoms with Crippen molar-refractivity contribution >= 4 is 0 Å². The molecule has 2 rings (SSSR count). The summed E-state index contributed by atoms with van der Waals surface area (Å²) < 4.78 is 55.1. The minimum Gasteiger partial charge on any atom is -0.486 e. The Morgan fingerprint density at radius 1 is 0.962 bits per heavy atom. The topological polar surface area (TPSA) is 9.23 Å². The van der Waals surface area contributed by atoms with Gasteiger partial charge in [0, 0.05) is 6.08 Å². The highest BCUT2D eigenvalue weighted by Crippen LogP contribution is 2.26. The number of allylic oxidation sites excluding steroid dienone is 1. The fourth-order valence-corrected chi connectivity index (χ4v) is 2.56. The number of rotatable bonds is 8. The van der Waals surface area contributed by atoms with Gasteiger partial charge in [-0.1, -0.05) is 50.1 Å². The van der Waals surface area contributed by atoms with Crippen molar-refractivity contribution in [2.24, 2.45) is 0 Å². The van der Waals surface area contributed by atoms with Crippen molar-refractivity contribution in [1.82, 2.24) is 0 Å². The quantitative estimate of drug-likeness (QED) is 0.286. The molecule has 0 aromatic heterocycles. The van der Waals surface area contributed by atoms with Gasteiger partial charge in [0.1, 0.15) is 6.61 Å². The molecular formula is C21H22F4O.